The van der Waals surface area contributed by atoms with Gasteiger partial charge >= 0.3 is 5.88 Å². The van der Waals surface area contributed by atoms with Gasteiger partial charge in [-0.15, -0.1) is 0 Å². The van der Waals surface area contributed by atoms with Gasteiger partial charge in [0.05, 0.1) is 24.2 Å². The number of nitro groups is 1. The molecule has 2 aromatic heterocycles. The molecule has 10 heteroatoms. The van der Waals surface area contributed by atoms with Crippen LogP contribution in [0.3, 0.4) is 0 Å². The fourth-order valence-corrected chi connectivity index (χ4v) is 2.11. The van der Waals surface area contributed by atoms with Crippen molar-refractivity contribution >= 4 is 29.4 Å². The number of benzene rings is 1. The number of nitrogens with one attached hydrogen (secondary N) is 1. The number of halogens is 1. The molecule has 2 heterocycles. The fourth-order valence-electron chi connectivity index (χ4n) is 1.94. The minimum absolute atomic E-state index is 0.0959. The third kappa shape index (κ3) is 3.56. The van der Waals surface area contributed by atoms with Gasteiger partial charge in [-0.2, -0.15) is 14.9 Å². The monoisotopic (exact) mass is 359 g/mol. The van der Waals surface area contributed by atoms with E-state index in [4.69, 9.17) is 16.0 Å². The summed E-state index contributed by atoms with van der Waals surface area (Å²) in [6.07, 6.45) is 2.56. The Morgan fingerprint density at radius 1 is 1.28 bits per heavy atom. The number of nitrogens with zero attached hydrogens (tertiary/aromatic N) is 4. The van der Waals surface area contributed by atoms with E-state index in [9.17, 15) is 14.9 Å². The SMILES string of the molecule is O=c1c(Cl)c(N/N=C/c2ccc([N+](=O)[O-])o2)cnn1-c1ccccc1. The molecule has 25 heavy (non-hydrogen) atoms. The van der Waals surface area contributed by atoms with Crippen molar-refractivity contribution in [3.8, 4) is 5.69 Å². The largest absolute Gasteiger partial charge is 0.433 e. The number of aromatic nitrogens is 2. The van der Waals surface area contributed by atoms with E-state index >= 15 is 0 Å². The summed E-state index contributed by atoms with van der Waals surface area (Å²) in [5.74, 6) is -0.229. The zero-order valence-electron chi connectivity index (χ0n) is 12.5. The summed E-state index contributed by atoms with van der Waals surface area (Å²) in [5, 5.41) is 18.3. The van der Waals surface area contributed by atoms with Crippen LogP contribution in [0.1, 0.15) is 5.76 Å². The Balaban J connectivity index is 1.79. The Morgan fingerprint density at radius 3 is 2.72 bits per heavy atom. The van der Waals surface area contributed by atoms with Gasteiger partial charge in [-0.1, -0.05) is 29.8 Å². The van der Waals surface area contributed by atoms with E-state index in [1.165, 1.54) is 24.5 Å². The van der Waals surface area contributed by atoms with E-state index in [2.05, 4.69) is 15.6 Å². The quantitative estimate of drug-likeness (QED) is 0.425. The number of furan rings is 1. The number of rotatable bonds is 5. The van der Waals surface area contributed by atoms with Crippen LogP contribution in [0.25, 0.3) is 5.69 Å². The van der Waals surface area contributed by atoms with Crippen molar-refractivity contribution in [2.45, 2.75) is 0 Å². The standard InChI is InChI=1S/C15H10ClN5O4/c16-14-12(19-17-8-11-6-7-13(25-11)21(23)24)9-18-20(15(14)22)10-4-2-1-3-5-10/h1-9,19H/b17-8+. The first-order chi connectivity index (χ1) is 12.1. The fraction of sp³-hybridized carbons (Fsp3) is 0. The van der Waals surface area contributed by atoms with Crippen molar-refractivity contribution < 1.29 is 9.34 Å². The molecule has 0 bridgehead atoms. The molecule has 0 saturated carbocycles. The molecule has 0 aliphatic rings. The summed E-state index contributed by atoms with van der Waals surface area (Å²) in [4.78, 5) is 22.2. The van der Waals surface area contributed by atoms with Crippen molar-refractivity contribution in [3.63, 3.8) is 0 Å². The maximum atomic E-state index is 12.3. The first-order valence-corrected chi connectivity index (χ1v) is 7.30. The topological polar surface area (TPSA) is 116 Å². The lowest BCUT2D eigenvalue weighted by molar-refractivity contribution is -0.402. The van der Waals surface area contributed by atoms with Crippen LogP contribution in [0.4, 0.5) is 11.6 Å². The van der Waals surface area contributed by atoms with Gasteiger partial charge in [0.15, 0.2) is 5.76 Å². The molecular weight excluding hydrogens is 350 g/mol. The van der Waals surface area contributed by atoms with Crippen molar-refractivity contribution in [3.05, 3.63) is 79.9 Å². The molecule has 0 spiro atoms. The van der Waals surface area contributed by atoms with E-state index in [0.717, 1.165) is 4.68 Å². The average Bonchev–Trinajstić information content (AvgIpc) is 3.09. The van der Waals surface area contributed by atoms with Crippen molar-refractivity contribution in [2.24, 2.45) is 5.10 Å². The summed E-state index contributed by atoms with van der Waals surface area (Å²) >= 11 is 6.05. The van der Waals surface area contributed by atoms with Crippen molar-refractivity contribution in [1.29, 1.82) is 0 Å². The van der Waals surface area contributed by atoms with Crippen LogP contribution < -0.4 is 11.0 Å². The molecule has 3 aromatic rings. The molecular formula is C15H10ClN5O4. The second-order valence-electron chi connectivity index (χ2n) is 4.73. The highest BCUT2D eigenvalue weighted by Crippen LogP contribution is 2.17. The highest BCUT2D eigenvalue weighted by atomic mass is 35.5. The van der Waals surface area contributed by atoms with Gasteiger partial charge in [-0.05, 0) is 18.2 Å². The molecule has 126 valence electrons. The minimum atomic E-state index is -0.658. The molecule has 1 aromatic carbocycles. The second kappa shape index (κ2) is 6.97. The van der Waals surface area contributed by atoms with Gasteiger partial charge in [0, 0.05) is 0 Å². The summed E-state index contributed by atoms with van der Waals surface area (Å²) in [6.45, 7) is 0. The maximum Gasteiger partial charge on any atom is 0.433 e. The number of hydrogen-bond donors (Lipinski definition) is 1. The second-order valence-corrected chi connectivity index (χ2v) is 5.11. The van der Waals surface area contributed by atoms with Crippen molar-refractivity contribution in [1.82, 2.24) is 9.78 Å². The van der Waals surface area contributed by atoms with Crippen LogP contribution in [-0.2, 0) is 0 Å². The molecule has 9 nitrogen and oxygen atoms in total. The Kier molecular flexibility index (Phi) is 4.57. The molecule has 0 amide bonds. The van der Waals surface area contributed by atoms with Crippen molar-refractivity contribution in [2.75, 3.05) is 5.43 Å². The lowest BCUT2D eigenvalue weighted by Gasteiger charge is -2.07. The number of hydrogen-bond acceptors (Lipinski definition) is 7. The number of para-hydroxylation sites is 1. The zero-order valence-corrected chi connectivity index (χ0v) is 13.3. The lowest BCUT2D eigenvalue weighted by atomic mass is 10.3. The molecule has 1 N–H and O–H groups in total. The van der Waals surface area contributed by atoms with Gasteiger partial charge < -0.3 is 4.42 Å². The highest BCUT2D eigenvalue weighted by Gasteiger charge is 2.11. The summed E-state index contributed by atoms with van der Waals surface area (Å²) < 4.78 is 6.07. The van der Waals surface area contributed by atoms with Crippen LogP contribution in [0, 0.1) is 10.1 Å². The third-order valence-electron chi connectivity index (χ3n) is 3.09. The molecule has 0 aliphatic carbocycles. The van der Waals surface area contributed by atoms with Crippen LogP contribution in [0.15, 0.2) is 63.0 Å². The van der Waals surface area contributed by atoms with E-state index < -0.39 is 16.4 Å². The number of hydrazone groups is 1. The molecule has 0 fully saturated rings. The van der Waals surface area contributed by atoms with E-state index in [0.29, 0.717) is 5.69 Å². The minimum Gasteiger partial charge on any atom is -0.400 e. The predicted octanol–water partition coefficient (Wildman–Crippen LogP) is 2.83. The summed E-state index contributed by atoms with van der Waals surface area (Å²) in [5.41, 5.74) is 2.81. The Labute approximate surface area is 145 Å². The highest BCUT2D eigenvalue weighted by molar-refractivity contribution is 6.32. The predicted molar refractivity (Wildman–Crippen MR) is 91.4 cm³/mol. The third-order valence-corrected chi connectivity index (χ3v) is 3.45. The zero-order chi connectivity index (χ0) is 17.8. The van der Waals surface area contributed by atoms with Gasteiger partial charge in [-0.25, -0.2) is 0 Å². The molecule has 0 saturated heterocycles. The van der Waals surface area contributed by atoms with Gasteiger partial charge in [0.25, 0.3) is 5.56 Å². The van der Waals surface area contributed by atoms with Crippen LogP contribution in [-0.4, -0.2) is 20.9 Å². The number of anilines is 1. The van der Waals surface area contributed by atoms with E-state index in [1.54, 1.807) is 24.3 Å². The lowest BCUT2D eigenvalue weighted by Crippen LogP contribution is -2.22. The first-order valence-electron chi connectivity index (χ1n) is 6.93. The summed E-state index contributed by atoms with van der Waals surface area (Å²) in [6, 6.07) is 11.4. The summed E-state index contributed by atoms with van der Waals surface area (Å²) in [7, 11) is 0. The van der Waals surface area contributed by atoms with Crippen LogP contribution >= 0.6 is 11.6 Å². The van der Waals surface area contributed by atoms with Gasteiger partial charge in [0.1, 0.15) is 15.6 Å². The molecule has 0 atom stereocenters. The van der Waals surface area contributed by atoms with Gasteiger partial charge in [0.2, 0.25) is 0 Å². The average molecular weight is 360 g/mol. The molecule has 0 unspecified atom stereocenters. The molecule has 0 aliphatic heterocycles. The first kappa shape index (κ1) is 16.4. The normalized spacial score (nSPS) is 10.9. The Morgan fingerprint density at radius 2 is 2.04 bits per heavy atom. The molecule has 0 radical (unpaired) electrons. The maximum absolute atomic E-state index is 12.3. The van der Waals surface area contributed by atoms with Gasteiger partial charge in [-0.3, -0.25) is 20.3 Å². The van der Waals surface area contributed by atoms with E-state index in [1.807, 2.05) is 6.07 Å². The smallest absolute Gasteiger partial charge is 0.400 e. The molecule has 3 rings (SSSR count). The van der Waals surface area contributed by atoms with Crippen LogP contribution in [0.2, 0.25) is 5.02 Å². The van der Waals surface area contributed by atoms with E-state index in [-0.39, 0.29) is 16.5 Å². The Hall–Kier alpha value is -3.46. The van der Waals surface area contributed by atoms with Crippen LogP contribution in [0.5, 0.6) is 0 Å². The Bertz CT molecular complexity index is 997.